The van der Waals surface area contributed by atoms with Crippen molar-refractivity contribution < 1.29 is 4.74 Å². The Bertz CT molecular complexity index is 629. The number of ether oxygens (including phenoxy) is 1. The Hall–Kier alpha value is -2.61. The van der Waals surface area contributed by atoms with Crippen molar-refractivity contribution in [2.24, 2.45) is 0 Å². The van der Waals surface area contributed by atoms with Gasteiger partial charge in [-0.05, 0) is 23.6 Å². The van der Waals surface area contributed by atoms with Crippen LogP contribution in [0.25, 0.3) is 0 Å². The lowest BCUT2D eigenvalue weighted by molar-refractivity contribution is 0.452. The van der Waals surface area contributed by atoms with Crippen LogP contribution in [0.15, 0.2) is 30.6 Å². The molecule has 1 aromatic carbocycles. The van der Waals surface area contributed by atoms with E-state index in [9.17, 15) is 0 Å². The molecule has 0 bridgehead atoms. The summed E-state index contributed by atoms with van der Waals surface area (Å²) in [6.45, 7) is 4.02. The predicted molar refractivity (Wildman–Crippen MR) is 76.4 cm³/mol. The largest absolute Gasteiger partial charge is 0.439 e. The van der Waals surface area contributed by atoms with E-state index < -0.39 is 0 Å². The number of anilines is 1. The molecule has 0 saturated carbocycles. The first-order valence-electron chi connectivity index (χ1n) is 6.36. The molecule has 1 heterocycles. The predicted octanol–water partition coefficient (Wildman–Crippen LogP) is 3.04. The minimum Gasteiger partial charge on any atom is -0.439 e. The second kappa shape index (κ2) is 6.02. The molecule has 0 aliphatic rings. The molecule has 2 aromatic rings. The van der Waals surface area contributed by atoms with Crippen molar-refractivity contribution in [1.82, 2.24) is 9.97 Å². The SMILES string of the molecule is CC(C)c1c(N)ncnc1Oc1ccc(CC#N)cc1. The van der Waals surface area contributed by atoms with E-state index in [0.29, 0.717) is 23.9 Å². The van der Waals surface area contributed by atoms with Gasteiger partial charge in [-0.15, -0.1) is 0 Å². The Balaban J connectivity index is 2.26. The third-order valence-electron chi connectivity index (χ3n) is 2.88. The van der Waals surface area contributed by atoms with Crippen LogP contribution in [0.3, 0.4) is 0 Å². The molecule has 0 amide bonds. The number of hydrogen-bond acceptors (Lipinski definition) is 5. The van der Waals surface area contributed by atoms with Crippen LogP contribution < -0.4 is 10.5 Å². The maximum Gasteiger partial charge on any atom is 0.227 e. The summed E-state index contributed by atoms with van der Waals surface area (Å²) in [5, 5.41) is 8.64. The molecule has 0 aliphatic heterocycles. The van der Waals surface area contributed by atoms with Crippen LogP contribution >= 0.6 is 0 Å². The average molecular weight is 268 g/mol. The highest BCUT2D eigenvalue weighted by Crippen LogP contribution is 2.31. The van der Waals surface area contributed by atoms with Gasteiger partial charge < -0.3 is 10.5 Å². The van der Waals surface area contributed by atoms with Crippen LogP contribution in [0.4, 0.5) is 5.82 Å². The van der Waals surface area contributed by atoms with Gasteiger partial charge >= 0.3 is 0 Å². The van der Waals surface area contributed by atoms with E-state index >= 15 is 0 Å². The summed E-state index contributed by atoms with van der Waals surface area (Å²) < 4.78 is 5.77. The summed E-state index contributed by atoms with van der Waals surface area (Å²) in [7, 11) is 0. The fraction of sp³-hybridized carbons (Fsp3) is 0.267. The normalized spacial score (nSPS) is 10.3. The van der Waals surface area contributed by atoms with E-state index in [0.717, 1.165) is 11.1 Å². The second-order valence-corrected chi connectivity index (χ2v) is 4.71. The summed E-state index contributed by atoms with van der Waals surface area (Å²) >= 11 is 0. The number of aromatic nitrogens is 2. The van der Waals surface area contributed by atoms with Gasteiger partial charge in [-0.1, -0.05) is 26.0 Å². The molecule has 102 valence electrons. The Morgan fingerprint density at radius 1 is 1.25 bits per heavy atom. The summed E-state index contributed by atoms with van der Waals surface area (Å²) in [5.74, 6) is 1.74. The number of nitrogen functional groups attached to an aromatic ring is 1. The fourth-order valence-corrected chi connectivity index (χ4v) is 1.89. The van der Waals surface area contributed by atoms with Crippen LogP contribution in [-0.2, 0) is 6.42 Å². The van der Waals surface area contributed by atoms with E-state index in [1.54, 1.807) is 0 Å². The Kier molecular flexibility index (Phi) is 4.16. The number of nitrogens with zero attached hydrogens (tertiary/aromatic N) is 3. The minimum absolute atomic E-state index is 0.170. The maximum atomic E-state index is 8.64. The molecule has 1 aromatic heterocycles. The lowest BCUT2D eigenvalue weighted by atomic mass is 10.1. The Labute approximate surface area is 118 Å². The topological polar surface area (TPSA) is 84.8 Å². The molecule has 20 heavy (non-hydrogen) atoms. The quantitative estimate of drug-likeness (QED) is 0.921. The summed E-state index contributed by atoms with van der Waals surface area (Å²) in [5.41, 5.74) is 7.62. The molecule has 5 heteroatoms. The molecule has 0 saturated heterocycles. The first-order valence-corrected chi connectivity index (χ1v) is 6.36. The zero-order valence-electron chi connectivity index (χ0n) is 11.5. The monoisotopic (exact) mass is 268 g/mol. The van der Waals surface area contributed by atoms with Crippen molar-refractivity contribution in [3.05, 3.63) is 41.7 Å². The molecule has 2 N–H and O–H groups in total. The summed E-state index contributed by atoms with van der Waals surface area (Å²) in [6, 6.07) is 9.45. The molecular formula is C15H16N4O. The molecular weight excluding hydrogens is 252 g/mol. The van der Waals surface area contributed by atoms with Crippen molar-refractivity contribution in [3.63, 3.8) is 0 Å². The third kappa shape index (κ3) is 3.04. The summed E-state index contributed by atoms with van der Waals surface area (Å²) in [6.07, 6.45) is 1.78. The van der Waals surface area contributed by atoms with Crippen molar-refractivity contribution in [3.8, 4) is 17.7 Å². The number of nitriles is 1. The van der Waals surface area contributed by atoms with Gasteiger partial charge in [0.05, 0.1) is 18.1 Å². The van der Waals surface area contributed by atoms with Crippen LogP contribution in [0, 0.1) is 11.3 Å². The number of hydrogen-bond donors (Lipinski definition) is 1. The molecule has 0 radical (unpaired) electrons. The smallest absolute Gasteiger partial charge is 0.227 e. The molecule has 0 unspecified atom stereocenters. The maximum absolute atomic E-state index is 8.64. The Morgan fingerprint density at radius 3 is 2.55 bits per heavy atom. The van der Waals surface area contributed by atoms with Crippen molar-refractivity contribution in [1.29, 1.82) is 5.26 Å². The zero-order valence-corrected chi connectivity index (χ0v) is 11.5. The molecule has 0 fully saturated rings. The van der Waals surface area contributed by atoms with Gasteiger partial charge in [-0.2, -0.15) is 5.26 Å². The molecule has 0 aliphatic carbocycles. The van der Waals surface area contributed by atoms with Crippen LogP contribution in [0.2, 0.25) is 0 Å². The second-order valence-electron chi connectivity index (χ2n) is 4.71. The van der Waals surface area contributed by atoms with Crippen molar-refractivity contribution >= 4 is 5.82 Å². The number of nitrogens with two attached hydrogens (primary N) is 1. The van der Waals surface area contributed by atoms with Gasteiger partial charge in [0.2, 0.25) is 5.88 Å². The first-order chi connectivity index (χ1) is 9.61. The Morgan fingerprint density at radius 2 is 1.95 bits per heavy atom. The average Bonchev–Trinajstić information content (AvgIpc) is 2.41. The number of rotatable bonds is 4. The van der Waals surface area contributed by atoms with Crippen molar-refractivity contribution in [2.75, 3.05) is 5.73 Å². The minimum atomic E-state index is 0.170. The van der Waals surface area contributed by atoms with Crippen LogP contribution in [0.1, 0.15) is 30.9 Å². The standard InChI is InChI=1S/C15H16N4O/c1-10(2)13-14(17)18-9-19-15(13)20-12-5-3-11(4-6-12)7-8-16/h3-6,9-10H,7H2,1-2H3,(H2,17,18,19). The van der Waals surface area contributed by atoms with E-state index in [2.05, 4.69) is 16.0 Å². The van der Waals surface area contributed by atoms with Gasteiger partial charge in [0.15, 0.2) is 0 Å². The first kappa shape index (κ1) is 13.8. The highest BCUT2D eigenvalue weighted by Gasteiger charge is 2.14. The van der Waals surface area contributed by atoms with Gasteiger partial charge in [0.25, 0.3) is 0 Å². The van der Waals surface area contributed by atoms with E-state index in [4.69, 9.17) is 15.7 Å². The highest BCUT2D eigenvalue weighted by molar-refractivity contribution is 5.48. The molecule has 5 nitrogen and oxygen atoms in total. The summed E-state index contributed by atoms with van der Waals surface area (Å²) in [4.78, 5) is 8.14. The lowest BCUT2D eigenvalue weighted by Crippen LogP contribution is -2.04. The van der Waals surface area contributed by atoms with Gasteiger partial charge in [-0.3, -0.25) is 0 Å². The van der Waals surface area contributed by atoms with E-state index in [1.807, 2.05) is 38.1 Å². The lowest BCUT2D eigenvalue weighted by Gasteiger charge is -2.13. The molecule has 0 spiro atoms. The third-order valence-corrected chi connectivity index (χ3v) is 2.88. The highest BCUT2D eigenvalue weighted by atomic mass is 16.5. The molecule has 2 rings (SSSR count). The fourth-order valence-electron chi connectivity index (χ4n) is 1.89. The molecule has 0 atom stereocenters. The number of benzene rings is 1. The van der Waals surface area contributed by atoms with Gasteiger partial charge in [0.1, 0.15) is 17.9 Å². The van der Waals surface area contributed by atoms with Crippen LogP contribution in [0.5, 0.6) is 11.6 Å². The van der Waals surface area contributed by atoms with Gasteiger partial charge in [0, 0.05) is 0 Å². The van der Waals surface area contributed by atoms with E-state index in [-0.39, 0.29) is 5.92 Å². The van der Waals surface area contributed by atoms with E-state index in [1.165, 1.54) is 6.33 Å². The zero-order chi connectivity index (χ0) is 14.5. The van der Waals surface area contributed by atoms with Gasteiger partial charge in [-0.25, -0.2) is 9.97 Å². The van der Waals surface area contributed by atoms with Crippen LogP contribution in [-0.4, -0.2) is 9.97 Å². The van der Waals surface area contributed by atoms with Crippen molar-refractivity contribution in [2.45, 2.75) is 26.2 Å².